The molecule has 2 amide bonds. The van der Waals surface area contributed by atoms with Crippen molar-refractivity contribution in [1.82, 2.24) is 10.2 Å². The van der Waals surface area contributed by atoms with Crippen LogP contribution in [-0.4, -0.2) is 47.3 Å². The van der Waals surface area contributed by atoms with Crippen molar-refractivity contribution >= 4 is 17.6 Å². The number of likely N-dealkylation sites (N-methyl/N-ethyl adjacent to an activating group) is 1. The number of carbonyl (C=O) groups excluding carboxylic acids is 3. The maximum atomic E-state index is 12.8. The van der Waals surface area contributed by atoms with Gasteiger partial charge in [-0.2, -0.15) is 0 Å². The maximum absolute atomic E-state index is 12.8. The lowest BCUT2D eigenvalue weighted by molar-refractivity contribution is -0.137. The van der Waals surface area contributed by atoms with Gasteiger partial charge in [0.05, 0.1) is 2.74 Å². The third-order valence-corrected chi connectivity index (χ3v) is 4.58. The molecule has 0 fully saturated rings. The molecule has 0 saturated heterocycles. The molecule has 0 aromatic heterocycles. The molecule has 1 aliphatic heterocycles. The average Bonchev–Trinajstić information content (AvgIpc) is 2.72. The lowest BCUT2D eigenvalue weighted by atomic mass is 9.94. The van der Waals surface area contributed by atoms with Crippen LogP contribution < -0.4 is 5.32 Å². The summed E-state index contributed by atoms with van der Waals surface area (Å²) in [6.07, 6.45) is -2.06. The van der Waals surface area contributed by atoms with E-state index < -0.39 is 41.5 Å². The van der Waals surface area contributed by atoms with Gasteiger partial charge in [0.25, 0.3) is 0 Å². The Bertz CT molecular complexity index is 781. The third kappa shape index (κ3) is 4.49. The fourth-order valence-electron chi connectivity index (χ4n) is 2.84. The van der Waals surface area contributed by atoms with Crippen LogP contribution in [0.4, 0.5) is 0 Å². The number of amides is 2. The SMILES string of the molecule is [2H][C@@]1(NC(=O)[C@H](C)CC(=O)[C@@]([2H])(O)C(C)C)C(=O)N(C)CCc2ccccc21. The van der Waals surface area contributed by atoms with Crippen molar-refractivity contribution in [3.05, 3.63) is 35.4 Å². The monoisotopic (exact) mass is 362 g/mol. The molecule has 1 aliphatic rings. The standard InChI is InChI=1S/C20H28N2O4/c1-12(2)18(24)16(23)11-13(3)19(25)21-17-15-8-6-5-7-14(15)9-10-22(4)20(17)26/h5-8,12-13,17-18,24H,9-11H2,1-4H3,(H,21,25)/t13-,17+,18+/m1/s1/i17D,18D. The number of hydrogen-bond donors (Lipinski definition) is 2. The van der Waals surface area contributed by atoms with Crippen molar-refractivity contribution in [2.75, 3.05) is 13.6 Å². The van der Waals surface area contributed by atoms with Crippen LogP contribution >= 0.6 is 0 Å². The van der Waals surface area contributed by atoms with Gasteiger partial charge in [-0.1, -0.05) is 45.0 Å². The van der Waals surface area contributed by atoms with Crippen molar-refractivity contribution in [1.29, 1.82) is 0 Å². The first-order valence-electron chi connectivity index (χ1n) is 9.83. The lowest BCUT2D eigenvalue weighted by Crippen LogP contribution is -2.43. The molecule has 142 valence electrons. The molecule has 2 rings (SSSR count). The van der Waals surface area contributed by atoms with Crippen LogP contribution in [0.25, 0.3) is 0 Å². The van der Waals surface area contributed by atoms with Crippen LogP contribution in [0.2, 0.25) is 0 Å². The number of carbonyl (C=O) groups is 3. The van der Waals surface area contributed by atoms with Gasteiger partial charge in [0.1, 0.15) is 12.1 Å². The summed E-state index contributed by atoms with van der Waals surface area (Å²) in [7, 11) is 1.58. The van der Waals surface area contributed by atoms with Gasteiger partial charge < -0.3 is 15.3 Å². The van der Waals surface area contributed by atoms with Crippen LogP contribution in [0.5, 0.6) is 0 Å². The first-order valence-corrected chi connectivity index (χ1v) is 8.83. The number of hydrogen-bond acceptors (Lipinski definition) is 4. The molecule has 0 unspecified atom stereocenters. The van der Waals surface area contributed by atoms with Crippen molar-refractivity contribution in [3.63, 3.8) is 0 Å². The number of nitrogens with one attached hydrogen (secondary N) is 1. The molecule has 0 spiro atoms. The van der Waals surface area contributed by atoms with Crippen LogP contribution in [0, 0.1) is 11.8 Å². The average molecular weight is 362 g/mol. The molecule has 0 bridgehead atoms. The van der Waals surface area contributed by atoms with E-state index in [9.17, 15) is 19.5 Å². The highest BCUT2D eigenvalue weighted by Crippen LogP contribution is 2.25. The molecular weight excluding hydrogens is 332 g/mol. The van der Waals surface area contributed by atoms with E-state index in [1.54, 1.807) is 33.0 Å². The molecule has 0 saturated carbocycles. The van der Waals surface area contributed by atoms with Gasteiger partial charge in [-0.05, 0) is 23.5 Å². The summed E-state index contributed by atoms with van der Waals surface area (Å²) in [5.41, 5.74) is 1.22. The Morgan fingerprint density at radius 2 is 2.04 bits per heavy atom. The minimum absolute atomic E-state index is 0.355. The summed E-state index contributed by atoms with van der Waals surface area (Å²) in [6, 6.07) is 5.01. The first-order chi connectivity index (χ1) is 12.9. The number of nitrogens with zero attached hydrogens (tertiary/aromatic N) is 1. The number of rotatable bonds is 6. The zero-order chi connectivity index (χ0) is 21.3. The second-order valence-corrected chi connectivity index (χ2v) is 7.07. The summed E-state index contributed by atoms with van der Waals surface area (Å²) < 4.78 is 16.6. The van der Waals surface area contributed by atoms with Gasteiger partial charge in [0, 0.05) is 25.9 Å². The fraction of sp³-hybridized carbons (Fsp3) is 0.550. The van der Waals surface area contributed by atoms with E-state index in [1.165, 1.54) is 11.8 Å². The fourth-order valence-corrected chi connectivity index (χ4v) is 2.84. The van der Waals surface area contributed by atoms with E-state index in [1.807, 2.05) is 12.1 Å². The topological polar surface area (TPSA) is 86.7 Å². The number of fused-ring (bicyclic) bond motifs is 1. The zero-order valence-corrected chi connectivity index (χ0v) is 15.7. The van der Waals surface area contributed by atoms with Crippen molar-refractivity contribution in [2.24, 2.45) is 11.8 Å². The first kappa shape index (κ1) is 17.2. The molecule has 6 heteroatoms. The second kappa shape index (κ2) is 8.45. The molecule has 0 aliphatic carbocycles. The third-order valence-electron chi connectivity index (χ3n) is 4.58. The van der Waals surface area contributed by atoms with Crippen LogP contribution in [0.15, 0.2) is 24.3 Å². The van der Waals surface area contributed by atoms with Gasteiger partial charge in [0.2, 0.25) is 11.8 Å². The number of benzene rings is 1. The van der Waals surface area contributed by atoms with Gasteiger partial charge in [-0.3, -0.25) is 14.4 Å². The highest BCUT2D eigenvalue weighted by atomic mass is 16.3. The molecule has 1 heterocycles. The van der Waals surface area contributed by atoms with Crippen molar-refractivity contribution in [2.45, 2.75) is 45.7 Å². The lowest BCUT2D eigenvalue weighted by Gasteiger charge is -2.24. The Morgan fingerprint density at radius 3 is 2.69 bits per heavy atom. The van der Waals surface area contributed by atoms with Crippen LogP contribution in [-0.2, 0) is 20.8 Å². The van der Waals surface area contributed by atoms with Crippen molar-refractivity contribution < 1.29 is 22.2 Å². The van der Waals surface area contributed by atoms with Gasteiger partial charge >= 0.3 is 0 Å². The van der Waals surface area contributed by atoms with E-state index in [-0.39, 0.29) is 6.42 Å². The van der Waals surface area contributed by atoms with Crippen LogP contribution in [0.1, 0.15) is 47.1 Å². The molecular formula is C20H28N2O4. The van der Waals surface area contributed by atoms with Crippen LogP contribution in [0.3, 0.4) is 0 Å². The maximum Gasteiger partial charge on any atom is 0.249 e. The summed E-state index contributed by atoms with van der Waals surface area (Å²) in [6.45, 7) is 5.00. The molecule has 1 aromatic carbocycles. The second-order valence-electron chi connectivity index (χ2n) is 7.07. The number of ketones is 1. The Balaban J connectivity index is 2.25. The quantitative estimate of drug-likeness (QED) is 0.802. The molecule has 6 nitrogen and oxygen atoms in total. The van der Waals surface area contributed by atoms with Crippen molar-refractivity contribution in [3.8, 4) is 0 Å². The molecule has 1 aromatic rings. The van der Waals surface area contributed by atoms with E-state index in [2.05, 4.69) is 5.32 Å². The summed E-state index contributed by atoms with van der Waals surface area (Å²) in [5, 5.41) is 12.5. The predicted octanol–water partition coefficient (Wildman–Crippen LogP) is 1.47. The highest BCUT2D eigenvalue weighted by Gasteiger charge is 2.32. The van der Waals surface area contributed by atoms with E-state index in [0.29, 0.717) is 18.5 Å². The number of Topliss-reactive ketones (excluding diaryl/α,β-unsaturated/α-hetero) is 1. The Morgan fingerprint density at radius 1 is 1.38 bits per heavy atom. The smallest absolute Gasteiger partial charge is 0.249 e. The summed E-state index contributed by atoms with van der Waals surface area (Å²) in [5.74, 6) is -3.50. The summed E-state index contributed by atoms with van der Waals surface area (Å²) in [4.78, 5) is 39.2. The molecule has 3 atom stereocenters. The van der Waals surface area contributed by atoms with E-state index in [0.717, 1.165) is 5.56 Å². The van der Waals surface area contributed by atoms with E-state index in [4.69, 9.17) is 2.74 Å². The Kier molecular flexibility index (Phi) is 5.59. The largest absolute Gasteiger partial charge is 0.385 e. The number of aliphatic hydroxyl groups is 1. The van der Waals surface area contributed by atoms with Gasteiger partial charge in [-0.15, -0.1) is 0 Å². The normalized spacial score (nSPS) is 24.7. The highest BCUT2D eigenvalue weighted by molar-refractivity contribution is 5.92. The summed E-state index contributed by atoms with van der Waals surface area (Å²) >= 11 is 0. The predicted molar refractivity (Wildman–Crippen MR) is 98.3 cm³/mol. The Labute approximate surface area is 157 Å². The van der Waals surface area contributed by atoms with Gasteiger partial charge in [0.15, 0.2) is 5.78 Å². The minimum Gasteiger partial charge on any atom is -0.385 e. The molecule has 2 N–H and O–H groups in total. The van der Waals surface area contributed by atoms with E-state index >= 15 is 0 Å². The van der Waals surface area contributed by atoms with Gasteiger partial charge in [-0.25, -0.2) is 0 Å². The Hall–Kier alpha value is -2.21. The molecule has 0 radical (unpaired) electrons. The molecule has 26 heavy (non-hydrogen) atoms. The minimum atomic E-state index is -2.28. The zero-order valence-electron chi connectivity index (χ0n) is 17.7.